The first-order valence-corrected chi connectivity index (χ1v) is 7.28. The second-order valence-electron chi connectivity index (χ2n) is 6.25. The molecule has 0 radical (unpaired) electrons. The van der Waals surface area contributed by atoms with Crippen molar-refractivity contribution in [2.45, 2.75) is 46.8 Å². The van der Waals surface area contributed by atoms with E-state index in [9.17, 15) is 0 Å². The van der Waals surface area contributed by atoms with Gasteiger partial charge in [0.2, 0.25) is 0 Å². The molecule has 114 valence electrons. The fourth-order valence-corrected chi connectivity index (χ4v) is 2.59. The smallest absolute Gasteiger partial charge is 0.123 e. The molecule has 3 nitrogen and oxygen atoms in total. The average Bonchev–Trinajstić information content (AvgIpc) is 2.38. The lowest BCUT2D eigenvalue weighted by Gasteiger charge is -2.37. The highest BCUT2D eigenvalue weighted by Crippen LogP contribution is 2.36. The van der Waals surface area contributed by atoms with Crippen molar-refractivity contribution in [2.24, 2.45) is 5.41 Å². The van der Waals surface area contributed by atoms with E-state index in [4.69, 9.17) is 9.47 Å². The van der Waals surface area contributed by atoms with Gasteiger partial charge in [0.25, 0.3) is 0 Å². The second kappa shape index (κ2) is 7.09. The lowest BCUT2D eigenvalue weighted by molar-refractivity contribution is -0.0354. The van der Waals surface area contributed by atoms with Gasteiger partial charge in [-0.1, -0.05) is 38.5 Å². The minimum absolute atomic E-state index is 0.0401. The molecule has 20 heavy (non-hydrogen) atoms. The van der Waals surface area contributed by atoms with Gasteiger partial charge in [-0.05, 0) is 32.4 Å². The number of rotatable bonds is 6. The molecule has 0 aliphatic rings. The van der Waals surface area contributed by atoms with Gasteiger partial charge in [0.05, 0.1) is 19.3 Å². The van der Waals surface area contributed by atoms with Crippen LogP contribution in [0.5, 0.6) is 5.75 Å². The van der Waals surface area contributed by atoms with E-state index < -0.39 is 0 Å². The number of benzene rings is 1. The maximum atomic E-state index is 6.04. The van der Waals surface area contributed by atoms with Crippen LogP contribution >= 0.6 is 0 Å². The maximum Gasteiger partial charge on any atom is 0.123 e. The Bertz CT molecular complexity index is 423. The van der Waals surface area contributed by atoms with E-state index in [0.29, 0.717) is 6.61 Å². The molecule has 2 atom stereocenters. The van der Waals surface area contributed by atoms with Crippen LogP contribution in [0, 0.1) is 12.3 Å². The van der Waals surface area contributed by atoms with Crippen molar-refractivity contribution >= 4 is 0 Å². The van der Waals surface area contributed by atoms with Crippen molar-refractivity contribution in [3.63, 3.8) is 0 Å². The Labute approximate surface area is 123 Å². The van der Waals surface area contributed by atoms with E-state index in [1.165, 1.54) is 5.56 Å². The van der Waals surface area contributed by atoms with Gasteiger partial charge in [-0.15, -0.1) is 0 Å². The summed E-state index contributed by atoms with van der Waals surface area (Å²) in [5.41, 5.74) is 2.42. The maximum absolute atomic E-state index is 6.04. The quantitative estimate of drug-likeness (QED) is 0.861. The Morgan fingerprint density at radius 1 is 1.25 bits per heavy atom. The van der Waals surface area contributed by atoms with Crippen molar-refractivity contribution in [2.75, 3.05) is 20.8 Å². The predicted molar refractivity (Wildman–Crippen MR) is 84.4 cm³/mol. The summed E-state index contributed by atoms with van der Waals surface area (Å²) >= 11 is 0. The van der Waals surface area contributed by atoms with E-state index in [1.54, 1.807) is 7.11 Å². The summed E-state index contributed by atoms with van der Waals surface area (Å²) in [6, 6.07) is 6.38. The molecule has 0 amide bonds. The lowest BCUT2D eigenvalue weighted by Crippen LogP contribution is -2.41. The summed E-state index contributed by atoms with van der Waals surface area (Å²) in [6.45, 7) is 11.5. The van der Waals surface area contributed by atoms with E-state index in [1.807, 2.05) is 20.0 Å². The lowest BCUT2D eigenvalue weighted by atomic mass is 9.81. The van der Waals surface area contributed by atoms with Crippen molar-refractivity contribution < 1.29 is 9.47 Å². The summed E-state index contributed by atoms with van der Waals surface area (Å²) in [5.74, 6) is 0.906. The van der Waals surface area contributed by atoms with Gasteiger partial charge >= 0.3 is 0 Å². The van der Waals surface area contributed by atoms with E-state index in [0.717, 1.165) is 11.3 Å². The SMILES string of the molecule is CCOC(C(NC)c1cc(C)ccc1OC)C(C)(C)C. The molecule has 3 heteroatoms. The van der Waals surface area contributed by atoms with Gasteiger partial charge in [-0.25, -0.2) is 0 Å². The Kier molecular flexibility index (Phi) is 6.03. The van der Waals surface area contributed by atoms with Crippen LogP contribution in [0.1, 0.15) is 44.9 Å². The van der Waals surface area contributed by atoms with Crippen LogP contribution in [0.3, 0.4) is 0 Å². The molecule has 1 rings (SSSR count). The number of likely N-dealkylation sites (N-methyl/N-ethyl adjacent to an activating group) is 1. The third kappa shape index (κ3) is 3.97. The monoisotopic (exact) mass is 279 g/mol. The molecule has 0 heterocycles. The van der Waals surface area contributed by atoms with E-state index in [-0.39, 0.29) is 17.6 Å². The van der Waals surface area contributed by atoms with Crippen LogP contribution < -0.4 is 10.1 Å². The Morgan fingerprint density at radius 2 is 1.90 bits per heavy atom. The standard InChI is InChI=1S/C17H29NO2/c1-8-20-16(17(3,4)5)15(18-6)13-11-12(2)9-10-14(13)19-7/h9-11,15-16,18H,8H2,1-7H3. The molecule has 1 aromatic rings. The summed E-state index contributed by atoms with van der Waals surface area (Å²) in [5, 5.41) is 3.41. The number of nitrogens with one attached hydrogen (secondary N) is 1. The highest BCUT2D eigenvalue weighted by Gasteiger charge is 2.34. The number of methoxy groups -OCH3 is 1. The predicted octanol–water partition coefficient (Wildman–Crippen LogP) is 3.72. The third-order valence-corrected chi connectivity index (χ3v) is 3.53. The molecule has 0 saturated heterocycles. The minimum Gasteiger partial charge on any atom is -0.496 e. The molecule has 0 aliphatic carbocycles. The van der Waals surface area contributed by atoms with Crippen LogP contribution in [0.25, 0.3) is 0 Å². The minimum atomic E-state index is 0.0401. The Hall–Kier alpha value is -1.06. The highest BCUT2D eigenvalue weighted by atomic mass is 16.5. The zero-order valence-electron chi connectivity index (χ0n) is 13.9. The molecule has 1 N–H and O–H groups in total. The molecular formula is C17H29NO2. The number of hydrogen-bond donors (Lipinski definition) is 1. The van der Waals surface area contributed by atoms with Crippen molar-refractivity contribution in [3.05, 3.63) is 29.3 Å². The van der Waals surface area contributed by atoms with Crippen molar-refractivity contribution in [1.29, 1.82) is 0 Å². The van der Waals surface area contributed by atoms with Gasteiger partial charge < -0.3 is 14.8 Å². The normalized spacial score (nSPS) is 14.9. The summed E-state index contributed by atoms with van der Waals surface area (Å²) in [4.78, 5) is 0. The Morgan fingerprint density at radius 3 is 2.35 bits per heavy atom. The largest absolute Gasteiger partial charge is 0.496 e. The number of ether oxygens (including phenoxy) is 2. The fourth-order valence-electron chi connectivity index (χ4n) is 2.59. The molecule has 1 aromatic carbocycles. The van der Waals surface area contributed by atoms with Crippen molar-refractivity contribution in [3.8, 4) is 5.75 Å². The first kappa shape index (κ1) is 17.0. The number of hydrogen-bond acceptors (Lipinski definition) is 3. The summed E-state index contributed by atoms with van der Waals surface area (Å²) < 4.78 is 11.6. The topological polar surface area (TPSA) is 30.5 Å². The van der Waals surface area contributed by atoms with Crippen molar-refractivity contribution in [1.82, 2.24) is 5.32 Å². The fraction of sp³-hybridized carbons (Fsp3) is 0.647. The van der Waals surface area contributed by atoms with Gasteiger partial charge in [0.1, 0.15) is 5.75 Å². The van der Waals surface area contributed by atoms with Crippen LogP contribution in [0.4, 0.5) is 0 Å². The van der Waals surface area contributed by atoms with E-state index >= 15 is 0 Å². The molecule has 0 bridgehead atoms. The first-order chi connectivity index (χ1) is 9.35. The van der Waals surface area contributed by atoms with E-state index in [2.05, 4.69) is 45.1 Å². The third-order valence-electron chi connectivity index (χ3n) is 3.53. The van der Waals surface area contributed by atoms with Crippen LogP contribution in [0.2, 0.25) is 0 Å². The van der Waals surface area contributed by atoms with Crippen LogP contribution in [0.15, 0.2) is 18.2 Å². The van der Waals surface area contributed by atoms with Crippen LogP contribution in [-0.4, -0.2) is 26.9 Å². The molecule has 0 aliphatic heterocycles. The van der Waals surface area contributed by atoms with Gasteiger partial charge in [-0.3, -0.25) is 0 Å². The Balaban J connectivity index is 3.25. The zero-order valence-corrected chi connectivity index (χ0v) is 13.9. The second-order valence-corrected chi connectivity index (χ2v) is 6.25. The highest BCUT2D eigenvalue weighted by molar-refractivity contribution is 5.40. The molecular weight excluding hydrogens is 250 g/mol. The van der Waals surface area contributed by atoms with Gasteiger partial charge in [0, 0.05) is 12.2 Å². The zero-order chi connectivity index (χ0) is 15.3. The van der Waals surface area contributed by atoms with Gasteiger partial charge in [0.15, 0.2) is 0 Å². The molecule has 0 fully saturated rings. The summed E-state index contributed by atoms with van der Waals surface area (Å²) in [6.07, 6.45) is 0.0770. The number of aryl methyl sites for hydroxylation is 1. The average molecular weight is 279 g/mol. The summed E-state index contributed by atoms with van der Waals surface area (Å²) in [7, 11) is 3.69. The first-order valence-electron chi connectivity index (χ1n) is 7.28. The van der Waals surface area contributed by atoms with Crippen LogP contribution in [-0.2, 0) is 4.74 Å². The molecule has 0 spiro atoms. The molecule has 2 unspecified atom stereocenters. The molecule has 0 saturated carbocycles. The molecule has 0 aromatic heterocycles. The van der Waals surface area contributed by atoms with Gasteiger partial charge in [-0.2, -0.15) is 0 Å².